The number of aliphatic imine (C=N–C) groups is 1. The minimum atomic E-state index is 0.751. The third-order valence-corrected chi connectivity index (χ3v) is 5.25. The number of rotatable bonds is 5. The largest absolute Gasteiger partial charge is 0.369 e. The molecule has 0 atom stereocenters. The van der Waals surface area contributed by atoms with Crippen molar-refractivity contribution in [3.63, 3.8) is 0 Å². The van der Waals surface area contributed by atoms with Gasteiger partial charge in [-0.3, -0.25) is 4.99 Å². The summed E-state index contributed by atoms with van der Waals surface area (Å²) in [7, 11) is 1.82. The summed E-state index contributed by atoms with van der Waals surface area (Å²) in [5.74, 6) is 0.921. The quantitative estimate of drug-likeness (QED) is 0.533. The number of halogens is 1. The zero-order chi connectivity index (χ0) is 17.6. The van der Waals surface area contributed by atoms with Gasteiger partial charge in [-0.2, -0.15) is 10.2 Å². The summed E-state index contributed by atoms with van der Waals surface area (Å²) in [4.78, 5) is 6.76. The van der Waals surface area contributed by atoms with Crippen LogP contribution in [0, 0.1) is 0 Å². The molecule has 0 aliphatic carbocycles. The van der Waals surface area contributed by atoms with E-state index in [0.717, 1.165) is 39.1 Å². The van der Waals surface area contributed by atoms with Crippen molar-refractivity contribution in [2.24, 2.45) is 4.99 Å². The Morgan fingerprint density at radius 2 is 2.00 bits per heavy atom. The molecule has 1 aromatic carbocycles. The zero-order valence-electron chi connectivity index (χ0n) is 14.2. The molecule has 2 aromatic heterocycles. The van der Waals surface area contributed by atoms with E-state index in [1.54, 1.807) is 23.7 Å². The van der Waals surface area contributed by atoms with Gasteiger partial charge in [0.15, 0.2) is 0 Å². The first-order valence-corrected chi connectivity index (χ1v) is 9.26. The fraction of sp³-hybridized carbons (Fsp3) is 0.211. The van der Waals surface area contributed by atoms with Crippen molar-refractivity contribution < 1.29 is 0 Å². The van der Waals surface area contributed by atoms with Crippen LogP contribution in [0.1, 0.15) is 22.9 Å². The second-order valence-electron chi connectivity index (χ2n) is 5.50. The van der Waals surface area contributed by atoms with Crippen LogP contribution in [0.5, 0.6) is 0 Å². The van der Waals surface area contributed by atoms with E-state index >= 15 is 0 Å². The first-order valence-electron chi connectivity index (χ1n) is 8.06. The van der Waals surface area contributed by atoms with Gasteiger partial charge >= 0.3 is 0 Å². The SMILES string of the molecule is CCNC(=NC)c1sc(-c2ccnnc2)cc1Cc1ccc(Cl)cc1. The van der Waals surface area contributed by atoms with Crippen LogP contribution in [0.3, 0.4) is 0 Å². The Hall–Kier alpha value is -2.24. The number of amidine groups is 1. The van der Waals surface area contributed by atoms with E-state index in [-0.39, 0.29) is 0 Å². The fourth-order valence-electron chi connectivity index (χ4n) is 2.59. The van der Waals surface area contributed by atoms with Crippen LogP contribution in [0.2, 0.25) is 5.02 Å². The first kappa shape index (κ1) is 17.6. The Bertz CT molecular complexity index is 857. The Morgan fingerprint density at radius 1 is 1.20 bits per heavy atom. The molecule has 6 heteroatoms. The Labute approximate surface area is 156 Å². The average Bonchev–Trinajstić information content (AvgIpc) is 3.06. The lowest BCUT2D eigenvalue weighted by Crippen LogP contribution is -2.24. The Morgan fingerprint density at radius 3 is 2.64 bits per heavy atom. The van der Waals surface area contributed by atoms with Gasteiger partial charge < -0.3 is 5.32 Å². The molecule has 0 bridgehead atoms. The maximum absolute atomic E-state index is 6.00. The molecule has 0 aliphatic heterocycles. The first-order chi connectivity index (χ1) is 12.2. The van der Waals surface area contributed by atoms with E-state index in [1.807, 2.05) is 25.2 Å². The van der Waals surface area contributed by atoms with Crippen molar-refractivity contribution >= 4 is 28.8 Å². The smallest absolute Gasteiger partial charge is 0.138 e. The van der Waals surface area contributed by atoms with E-state index in [2.05, 4.69) is 45.6 Å². The number of hydrogen-bond acceptors (Lipinski definition) is 4. The fourth-order valence-corrected chi connectivity index (χ4v) is 3.90. The molecule has 1 N–H and O–H groups in total. The number of nitrogens with zero attached hydrogens (tertiary/aromatic N) is 3. The molecule has 3 aromatic rings. The minimum absolute atomic E-state index is 0.751. The van der Waals surface area contributed by atoms with Crippen molar-refractivity contribution in [2.45, 2.75) is 13.3 Å². The number of hydrogen-bond donors (Lipinski definition) is 1. The average molecular weight is 371 g/mol. The highest BCUT2D eigenvalue weighted by Crippen LogP contribution is 2.32. The number of aromatic nitrogens is 2. The molecule has 4 nitrogen and oxygen atoms in total. The predicted molar refractivity (Wildman–Crippen MR) is 106 cm³/mol. The molecule has 0 saturated heterocycles. The summed E-state index contributed by atoms with van der Waals surface area (Å²) < 4.78 is 0. The molecule has 128 valence electrons. The maximum Gasteiger partial charge on any atom is 0.138 e. The van der Waals surface area contributed by atoms with Gasteiger partial charge in [0.1, 0.15) is 5.84 Å². The molecule has 0 radical (unpaired) electrons. The van der Waals surface area contributed by atoms with Crippen molar-refractivity contribution in [1.29, 1.82) is 0 Å². The molecule has 3 rings (SSSR count). The molecule has 25 heavy (non-hydrogen) atoms. The zero-order valence-corrected chi connectivity index (χ0v) is 15.7. The van der Waals surface area contributed by atoms with Crippen molar-refractivity contribution in [3.05, 3.63) is 69.8 Å². The molecule has 2 heterocycles. The lowest BCUT2D eigenvalue weighted by Gasteiger charge is -2.08. The second kappa shape index (κ2) is 8.23. The predicted octanol–water partition coefficient (Wildman–Crippen LogP) is 4.44. The van der Waals surface area contributed by atoms with E-state index < -0.39 is 0 Å². The second-order valence-corrected chi connectivity index (χ2v) is 6.99. The molecule has 0 spiro atoms. The summed E-state index contributed by atoms with van der Waals surface area (Å²) in [6.45, 7) is 2.91. The van der Waals surface area contributed by atoms with Gasteiger partial charge in [-0.05, 0) is 48.7 Å². The van der Waals surface area contributed by atoms with Crippen LogP contribution in [0.15, 0.2) is 53.8 Å². The molecule has 0 amide bonds. The number of benzene rings is 1. The van der Waals surface area contributed by atoms with Crippen LogP contribution in [-0.2, 0) is 6.42 Å². The van der Waals surface area contributed by atoms with Gasteiger partial charge in [-0.15, -0.1) is 11.3 Å². The molecule has 0 saturated carbocycles. The van der Waals surface area contributed by atoms with Crippen molar-refractivity contribution in [2.75, 3.05) is 13.6 Å². The van der Waals surface area contributed by atoms with Crippen LogP contribution >= 0.6 is 22.9 Å². The summed E-state index contributed by atoms with van der Waals surface area (Å²) in [6, 6.07) is 12.2. The minimum Gasteiger partial charge on any atom is -0.369 e. The molecule has 0 fully saturated rings. The van der Waals surface area contributed by atoms with Crippen molar-refractivity contribution in [3.8, 4) is 10.4 Å². The monoisotopic (exact) mass is 370 g/mol. The summed E-state index contributed by atoms with van der Waals surface area (Å²) in [5.41, 5.74) is 3.52. The summed E-state index contributed by atoms with van der Waals surface area (Å²) in [5, 5.41) is 12.0. The number of nitrogens with one attached hydrogen (secondary N) is 1. The van der Waals surface area contributed by atoms with Crippen LogP contribution in [0.4, 0.5) is 0 Å². The van der Waals surface area contributed by atoms with Crippen LogP contribution in [-0.4, -0.2) is 29.6 Å². The standard InChI is InChI=1S/C19H19ClN4S/c1-3-22-19(21-2)18-15(10-13-4-6-16(20)7-5-13)11-17(25-18)14-8-9-23-24-12-14/h4-9,11-12H,3,10H2,1-2H3,(H,21,22). The maximum atomic E-state index is 6.00. The number of thiophene rings is 1. The third-order valence-electron chi connectivity index (χ3n) is 3.77. The van der Waals surface area contributed by atoms with Gasteiger partial charge in [-0.1, -0.05) is 23.7 Å². The van der Waals surface area contributed by atoms with Gasteiger partial charge in [0.25, 0.3) is 0 Å². The van der Waals surface area contributed by atoms with E-state index in [0.29, 0.717) is 0 Å². The molecule has 0 aliphatic rings. The van der Waals surface area contributed by atoms with E-state index in [9.17, 15) is 0 Å². The lowest BCUT2D eigenvalue weighted by molar-refractivity contribution is 0.962. The van der Waals surface area contributed by atoms with Crippen LogP contribution in [0.25, 0.3) is 10.4 Å². The normalized spacial score (nSPS) is 11.6. The van der Waals surface area contributed by atoms with E-state index in [4.69, 9.17) is 11.6 Å². The summed E-state index contributed by atoms with van der Waals surface area (Å²) in [6.07, 6.45) is 4.33. The lowest BCUT2D eigenvalue weighted by atomic mass is 10.0. The third kappa shape index (κ3) is 4.24. The highest BCUT2D eigenvalue weighted by molar-refractivity contribution is 7.17. The Balaban J connectivity index is 2.01. The van der Waals surface area contributed by atoms with Gasteiger partial charge in [0, 0.05) is 29.1 Å². The summed E-state index contributed by atoms with van der Waals surface area (Å²) >= 11 is 7.72. The van der Waals surface area contributed by atoms with Gasteiger partial charge in [0.2, 0.25) is 0 Å². The highest BCUT2D eigenvalue weighted by Gasteiger charge is 2.15. The topological polar surface area (TPSA) is 50.2 Å². The molecular formula is C19H19ClN4S. The van der Waals surface area contributed by atoms with E-state index in [1.165, 1.54) is 11.1 Å². The molecule has 0 unspecified atom stereocenters. The molecular weight excluding hydrogens is 352 g/mol. The van der Waals surface area contributed by atoms with Crippen molar-refractivity contribution in [1.82, 2.24) is 15.5 Å². The highest BCUT2D eigenvalue weighted by atomic mass is 35.5. The van der Waals surface area contributed by atoms with Gasteiger partial charge in [-0.25, -0.2) is 0 Å². The Kier molecular flexibility index (Phi) is 5.79. The van der Waals surface area contributed by atoms with Gasteiger partial charge in [0.05, 0.1) is 17.3 Å². The van der Waals surface area contributed by atoms with Crippen LogP contribution < -0.4 is 5.32 Å².